The van der Waals surface area contributed by atoms with Gasteiger partial charge in [-0.05, 0) is 39.5 Å². The van der Waals surface area contributed by atoms with Crippen molar-refractivity contribution >= 4 is 5.91 Å². The van der Waals surface area contributed by atoms with Crippen LogP contribution in [0.4, 0.5) is 0 Å². The van der Waals surface area contributed by atoms with E-state index in [9.17, 15) is 4.79 Å². The quantitative estimate of drug-likeness (QED) is 0.525. The van der Waals surface area contributed by atoms with Gasteiger partial charge in [0.05, 0.1) is 6.10 Å². The fraction of sp³-hybridized carbons (Fsp3) is 0.909. The van der Waals surface area contributed by atoms with Gasteiger partial charge in [0.2, 0.25) is 5.91 Å². The molecular formula is C11H24N2O2. The summed E-state index contributed by atoms with van der Waals surface area (Å²) < 4.78 is 0. The Bertz CT molecular complexity index is 170. The number of rotatable bonds is 8. The summed E-state index contributed by atoms with van der Waals surface area (Å²) in [5.74, 6) is 0.0845. The van der Waals surface area contributed by atoms with Crippen molar-refractivity contribution < 1.29 is 9.90 Å². The minimum Gasteiger partial charge on any atom is -0.393 e. The van der Waals surface area contributed by atoms with Gasteiger partial charge in [-0.1, -0.05) is 0 Å². The number of aliphatic hydroxyl groups excluding tert-OH is 1. The topological polar surface area (TPSA) is 75.4 Å². The highest BCUT2D eigenvalue weighted by molar-refractivity contribution is 5.75. The van der Waals surface area contributed by atoms with E-state index in [0.717, 1.165) is 25.7 Å². The minimum absolute atomic E-state index is 0.0845. The molecule has 4 N–H and O–H groups in total. The summed E-state index contributed by atoms with van der Waals surface area (Å²) in [6, 6.07) is 0.174. The number of aliphatic hydroxyl groups is 1. The molecule has 0 saturated heterocycles. The van der Waals surface area contributed by atoms with Gasteiger partial charge in [-0.25, -0.2) is 0 Å². The average Bonchev–Trinajstić information content (AvgIpc) is 2.11. The van der Waals surface area contributed by atoms with Gasteiger partial charge in [-0.3, -0.25) is 4.79 Å². The fourth-order valence-corrected chi connectivity index (χ4v) is 1.30. The molecule has 0 heterocycles. The first kappa shape index (κ1) is 14.4. The van der Waals surface area contributed by atoms with Gasteiger partial charge in [0, 0.05) is 19.0 Å². The lowest BCUT2D eigenvalue weighted by molar-refractivity contribution is -0.121. The van der Waals surface area contributed by atoms with Gasteiger partial charge >= 0.3 is 0 Å². The minimum atomic E-state index is -0.278. The summed E-state index contributed by atoms with van der Waals surface area (Å²) in [6.07, 6.45) is 3.58. The van der Waals surface area contributed by atoms with Crippen molar-refractivity contribution in [3.8, 4) is 0 Å². The smallest absolute Gasteiger partial charge is 0.219 e. The Kier molecular flexibility index (Phi) is 8.33. The third-order valence-electron chi connectivity index (χ3n) is 2.18. The summed E-state index contributed by atoms with van der Waals surface area (Å²) in [7, 11) is 0. The standard InChI is InChI=1S/C11H24N2O2/c1-9(12)5-3-7-11(15)13-8-4-6-10(2)14/h9-10,14H,3-8,12H2,1-2H3,(H,13,15). The molecule has 0 aromatic rings. The molecule has 2 atom stereocenters. The van der Waals surface area contributed by atoms with Crippen molar-refractivity contribution in [3.63, 3.8) is 0 Å². The number of hydrogen-bond donors (Lipinski definition) is 3. The lowest BCUT2D eigenvalue weighted by Gasteiger charge is -2.07. The molecule has 0 aromatic carbocycles. The maximum Gasteiger partial charge on any atom is 0.219 e. The number of amides is 1. The van der Waals surface area contributed by atoms with Gasteiger partial charge in [0.1, 0.15) is 0 Å². The molecule has 0 spiro atoms. The van der Waals surface area contributed by atoms with Crippen molar-refractivity contribution in [2.24, 2.45) is 5.73 Å². The van der Waals surface area contributed by atoms with Crippen LogP contribution < -0.4 is 11.1 Å². The van der Waals surface area contributed by atoms with Crippen LogP contribution in [0.2, 0.25) is 0 Å². The first-order chi connectivity index (χ1) is 7.02. The third kappa shape index (κ3) is 11.3. The van der Waals surface area contributed by atoms with E-state index < -0.39 is 0 Å². The molecule has 0 fully saturated rings. The Labute approximate surface area is 92.2 Å². The van der Waals surface area contributed by atoms with Crippen LogP contribution in [0.1, 0.15) is 46.0 Å². The molecule has 0 aromatic heterocycles. The summed E-state index contributed by atoms with van der Waals surface area (Å²) in [5, 5.41) is 11.8. The summed E-state index contributed by atoms with van der Waals surface area (Å²) >= 11 is 0. The molecule has 0 aliphatic rings. The van der Waals surface area contributed by atoms with E-state index in [2.05, 4.69) is 5.32 Å². The molecule has 2 unspecified atom stereocenters. The second-order valence-electron chi connectivity index (χ2n) is 4.21. The zero-order valence-electron chi connectivity index (χ0n) is 9.83. The lowest BCUT2D eigenvalue weighted by Crippen LogP contribution is -2.25. The number of nitrogens with one attached hydrogen (secondary N) is 1. The average molecular weight is 216 g/mol. The maximum absolute atomic E-state index is 11.3. The molecule has 0 aliphatic carbocycles. The van der Waals surface area contributed by atoms with Crippen molar-refractivity contribution in [1.82, 2.24) is 5.32 Å². The van der Waals surface area contributed by atoms with Crippen LogP contribution in [0.25, 0.3) is 0 Å². The van der Waals surface area contributed by atoms with Gasteiger partial charge in [-0.15, -0.1) is 0 Å². The van der Waals surface area contributed by atoms with Crippen LogP contribution in [0.3, 0.4) is 0 Å². The summed E-state index contributed by atoms with van der Waals surface area (Å²) in [4.78, 5) is 11.3. The van der Waals surface area contributed by atoms with E-state index in [0.29, 0.717) is 13.0 Å². The van der Waals surface area contributed by atoms with Crippen LogP contribution in [-0.4, -0.2) is 29.7 Å². The zero-order valence-corrected chi connectivity index (χ0v) is 9.83. The van der Waals surface area contributed by atoms with E-state index in [1.807, 2.05) is 6.92 Å². The third-order valence-corrected chi connectivity index (χ3v) is 2.18. The normalized spacial score (nSPS) is 14.7. The summed E-state index contributed by atoms with van der Waals surface area (Å²) in [5.41, 5.74) is 5.57. The Morgan fingerprint density at radius 1 is 1.33 bits per heavy atom. The molecule has 90 valence electrons. The van der Waals surface area contributed by atoms with Crippen LogP contribution in [0.15, 0.2) is 0 Å². The number of nitrogens with two attached hydrogens (primary N) is 1. The lowest BCUT2D eigenvalue weighted by atomic mass is 10.1. The van der Waals surface area contributed by atoms with Crippen molar-refractivity contribution in [3.05, 3.63) is 0 Å². The van der Waals surface area contributed by atoms with Crippen LogP contribution >= 0.6 is 0 Å². The maximum atomic E-state index is 11.3. The highest BCUT2D eigenvalue weighted by atomic mass is 16.3. The van der Waals surface area contributed by atoms with Crippen LogP contribution in [0, 0.1) is 0 Å². The molecule has 0 bridgehead atoms. The molecule has 0 aliphatic heterocycles. The van der Waals surface area contributed by atoms with Gasteiger partial charge in [0.15, 0.2) is 0 Å². The summed E-state index contributed by atoms with van der Waals surface area (Å²) in [6.45, 7) is 4.35. The molecule has 4 nitrogen and oxygen atoms in total. The predicted octanol–water partition coefficient (Wildman–Crippen LogP) is 0.781. The van der Waals surface area contributed by atoms with Gasteiger partial charge in [0.25, 0.3) is 0 Å². The molecule has 4 heteroatoms. The molecule has 1 amide bonds. The Morgan fingerprint density at radius 3 is 2.53 bits per heavy atom. The zero-order chi connectivity index (χ0) is 11.7. The largest absolute Gasteiger partial charge is 0.393 e. The molecule has 0 saturated carbocycles. The van der Waals surface area contributed by atoms with E-state index in [1.165, 1.54) is 0 Å². The first-order valence-corrected chi connectivity index (χ1v) is 5.72. The Morgan fingerprint density at radius 2 is 2.00 bits per heavy atom. The second-order valence-corrected chi connectivity index (χ2v) is 4.21. The predicted molar refractivity (Wildman–Crippen MR) is 61.4 cm³/mol. The molecule has 0 radical (unpaired) electrons. The second kappa shape index (κ2) is 8.68. The molecule has 15 heavy (non-hydrogen) atoms. The van der Waals surface area contributed by atoms with Crippen LogP contribution in [-0.2, 0) is 4.79 Å². The van der Waals surface area contributed by atoms with Crippen molar-refractivity contribution in [2.75, 3.05) is 6.54 Å². The van der Waals surface area contributed by atoms with E-state index in [4.69, 9.17) is 10.8 Å². The number of hydrogen-bond acceptors (Lipinski definition) is 3. The van der Waals surface area contributed by atoms with Gasteiger partial charge < -0.3 is 16.2 Å². The molecule has 0 rings (SSSR count). The number of carbonyl (C=O) groups excluding carboxylic acids is 1. The van der Waals surface area contributed by atoms with Crippen LogP contribution in [0.5, 0.6) is 0 Å². The van der Waals surface area contributed by atoms with E-state index in [-0.39, 0.29) is 18.1 Å². The Balaban J connectivity index is 3.26. The van der Waals surface area contributed by atoms with Crippen molar-refractivity contribution in [1.29, 1.82) is 0 Å². The highest BCUT2D eigenvalue weighted by Crippen LogP contribution is 1.98. The van der Waals surface area contributed by atoms with Crippen molar-refractivity contribution in [2.45, 2.75) is 58.1 Å². The first-order valence-electron chi connectivity index (χ1n) is 5.72. The SMILES string of the molecule is CC(N)CCCC(=O)NCCCC(C)O. The highest BCUT2D eigenvalue weighted by Gasteiger charge is 2.02. The Hall–Kier alpha value is -0.610. The molecular weight excluding hydrogens is 192 g/mol. The number of carbonyl (C=O) groups is 1. The monoisotopic (exact) mass is 216 g/mol. The van der Waals surface area contributed by atoms with Gasteiger partial charge in [-0.2, -0.15) is 0 Å². The fourth-order valence-electron chi connectivity index (χ4n) is 1.30. The van der Waals surface area contributed by atoms with E-state index in [1.54, 1.807) is 6.92 Å². The van der Waals surface area contributed by atoms with E-state index >= 15 is 0 Å².